The standard InChI is InChI=1S/C16H23N3O3/c1-4-7-14-13(11-20)17-18-19(14)12-8-9-15(21-5-2)16(10-12)22-6-3/h8-10,20H,4-7,11H2,1-3H3. The maximum absolute atomic E-state index is 9.40. The van der Waals surface area contributed by atoms with Crippen LogP contribution in [0.5, 0.6) is 11.5 Å². The van der Waals surface area contributed by atoms with Crippen LogP contribution in [0.1, 0.15) is 38.6 Å². The molecule has 2 rings (SSSR count). The summed E-state index contributed by atoms with van der Waals surface area (Å²) < 4.78 is 13.0. The zero-order chi connectivity index (χ0) is 15.9. The first-order valence-corrected chi connectivity index (χ1v) is 7.69. The zero-order valence-electron chi connectivity index (χ0n) is 13.4. The van der Waals surface area contributed by atoms with Crippen LogP contribution in [0.4, 0.5) is 0 Å². The van der Waals surface area contributed by atoms with Gasteiger partial charge in [0.1, 0.15) is 5.69 Å². The van der Waals surface area contributed by atoms with Crippen molar-refractivity contribution in [3.8, 4) is 17.2 Å². The zero-order valence-corrected chi connectivity index (χ0v) is 13.4. The Hall–Kier alpha value is -2.08. The van der Waals surface area contributed by atoms with Crippen molar-refractivity contribution >= 4 is 0 Å². The minimum atomic E-state index is -0.106. The molecular weight excluding hydrogens is 282 g/mol. The fourth-order valence-corrected chi connectivity index (χ4v) is 2.32. The minimum absolute atomic E-state index is 0.106. The van der Waals surface area contributed by atoms with Crippen molar-refractivity contribution in [2.24, 2.45) is 0 Å². The molecule has 6 heteroatoms. The summed E-state index contributed by atoms with van der Waals surface area (Å²) in [5.41, 5.74) is 2.40. The molecule has 0 aliphatic carbocycles. The molecule has 0 radical (unpaired) electrons. The smallest absolute Gasteiger partial charge is 0.163 e. The number of aromatic nitrogens is 3. The normalized spacial score (nSPS) is 10.7. The fraction of sp³-hybridized carbons (Fsp3) is 0.500. The first-order chi connectivity index (χ1) is 10.7. The van der Waals surface area contributed by atoms with Crippen molar-refractivity contribution in [3.63, 3.8) is 0 Å². The Morgan fingerprint density at radius 3 is 2.45 bits per heavy atom. The number of hydrogen-bond acceptors (Lipinski definition) is 5. The molecule has 1 heterocycles. The predicted octanol–water partition coefficient (Wildman–Crippen LogP) is 2.51. The molecule has 0 atom stereocenters. The third-order valence-corrected chi connectivity index (χ3v) is 3.25. The quantitative estimate of drug-likeness (QED) is 0.811. The molecule has 0 saturated carbocycles. The Morgan fingerprint density at radius 1 is 1.09 bits per heavy atom. The van der Waals surface area contributed by atoms with Gasteiger partial charge in [0.15, 0.2) is 11.5 Å². The van der Waals surface area contributed by atoms with E-state index in [1.165, 1.54) is 0 Å². The third-order valence-electron chi connectivity index (χ3n) is 3.25. The molecule has 0 bridgehead atoms. The molecule has 0 spiro atoms. The van der Waals surface area contributed by atoms with Gasteiger partial charge in [-0.2, -0.15) is 0 Å². The van der Waals surface area contributed by atoms with Gasteiger partial charge in [-0.15, -0.1) is 5.10 Å². The molecule has 0 fully saturated rings. The first-order valence-electron chi connectivity index (χ1n) is 7.69. The summed E-state index contributed by atoms with van der Waals surface area (Å²) in [7, 11) is 0. The highest BCUT2D eigenvalue weighted by Gasteiger charge is 2.15. The van der Waals surface area contributed by atoms with E-state index in [1.54, 1.807) is 4.68 Å². The van der Waals surface area contributed by atoms with Gasteiger partial charge in [0, 0.05) is 6.07 Å². The van der Waals surface area contributed by atoms with Crippen LogP contribution in [0.3, 0.4) is 0 Å². The Kier molecular flexibility index (Phi) is 5.77. The summed E-state index contributed by atoms with van der Waals surface area (Å²) in [6, 6.07) is 5.69. The molecule has 0 saturated heterocycles. The van der Waals surface area contributed by atoms with Crippen LogP contribution >= 0.6 is 0 Å². The van der Waals surface area contributed by atoms with Crippen molar-refractivity contribution in [1.82, 2.24) is 15.0 Å². The van der Waals surface area contributed by atoms with E-state index in [0.29, 0.717) is 30.4 Å². The van der Waals surface area contributed by atoms with Crippen molar-refractivity contribution in [2.45, 2.75) is 40.2 Å². The van der Waals surface area contributed by atoms with Crippen LogP contribution in [0.15, 0.2) is 18.2 Å². The molecule has 22 heavy (non-hydrogen) atoms. The summed E-state index contributed by atoms with van der Waals surface area (Å²) in [5, 5.41) is 17.6. The number of aliphatic hydroxyl groups is 1. The molecule has 6 nitrogen and oxygen atoms in total. The van der Waals surface area contributed by atoms with Crippen LogP contribution < -0.4 is 9.47 Å². The average molecular weight is 305 g/mol. The van der Waals surface area contributed by atoms with Gasteiger partial charge in [-0.25, -0.2) is 4.68 Å². The van der Waals surface area contributed by atoms with Crippen LogP contribution in [-0.2, 0) is 13.0 Å². The van der Waals surface area contributed by atoms with Gasteiger partial charge >= 0.3 is 0 Å². The van der Waals surface area contributed by atoms with Crippen molar-refractivity contribution in [1.29, 1.82) is 0 Å². The largest absolute Gasteiger partial charge is 0.490 e. The lowest BCUT2D eigenvalue weighted by molar-refractivity contribution is 0.275. The van der Waals surface area contributed by atoms with Gasteiger partial charge < -0.3 is 14.6 Å². The number of benzene rings is 1. The Labute approximate surface area is 130 Å². The van der Waals surface area contributed by atoms with Gasteiger partial charge in [0.2, 0.25) is 0 Å². The second kappa shape index (κ2) is 7.79. The lowest BCUT2D eigenvalue weighted by Crippen LogP contribution is -2.05. The van der Waals surface area contributed by atoms with Gasteiger partial charge in [0.05, 0.1) is 31.2 Å². The summed E-state index contributed by atoms with van der Waals surface area (Å²) in [5.74, 6) is 1.40. The number of aliphatic hydroxyl groups excluding tert-OH is 1. The van der Waals surface area contributed by atoms with Crippen LogP contribution in [0.25, 0.3) is 5.69 Å². The van der Waals surface area contributed by atoms with E-state index in [-0.39, 0.29) is 6.61 Å². The van der Waals surface area contributed by atoms with Gasteiger partial charge in [-0.3, -0.25) is 0 Å². The van der Waals surface area contributed by atoms with Crippen molar-refractivity contribution in [2.75, 3.05) is 13.2 Å². The molecule has 0 unspecified atom stereocenters. The molecule has 0 aliphatic rings. The number of rotatable bonds is 8. The summed E-state index contributed by atoms with van der Waals surface area (Å²) in [6.07, 6.45) is 1.76. The average Bonchev–Trinajstić information content (AvgIpc) is 2.93. The minimum Gasteiger partial charge on any atom is -0.490 e. The van der Waals surface area contributed by atoms with Crippen LogP contribution in [-0.4, -0.2) is 33.3 Å². The van der Waals surface area contributed by atoms with E-state index in [2.05, 4.69) is 17.2 Å². The highest BCUT2D eigenvalue weighted by molar-refractivity contribution is 5.49. The van der Waals surface area contributed by atoms with E-state index in [0.717, 1.165) is 24.2 Å². The molecule has 1 aromatic heterocycles. The summed E-state index contributed by atoms with van der Waals surface area (Å²) in [6.45, 7) is 6.99. The van der Waals surface area contributed by atoms with E-state index in [9.17, 15) is 5.11 Å². The first kappa shape index (κ1) is 16.3. The number of ether oxygens (including phenoxy) is 2. The number of hydrogen-bond donors (Lipinski definition) is 1. The number of nitrogens with zero attached hydrogens (tertiary/aromatic N) is 3. The maximum atomic E-state index is 9.40. The van der Waals surface area contributed by atoms with Gasteiger partial charge in [-0.1, -0.05) is 18.6 Å². The molecule has 0 amide bonds. The van der Waals surface area contributed by atoms with Gasteiger partial charge in [-0.05, 0) is 32.4 Å². The Balaban J connectivity index is 2.44. The van der Waals surface area contributed by atoms with Crippen molar-refractivity contribution in [3.05, 3.63) is 29.6 Å². The molecule has 120 valence electrons. The highest BCUT2D eigenvalue weighted by Crippen LogP contribution is 2.30. The topological polar surface area (TPSA) is 69.4 Å². The monoisotopic (exact) mass is 305 g/mol. The van der Waals surface area contributed by atoms with Crippen molar-refractivity contribution < 1.29 is 14.6 Å². The fourth-order valence-electron chi connectivity index (χ4n) is 2.32. The second-order valence-corrected chi connectivity index (χ2v) is 4.80. The Bertz CT molecular complexity index is 611. The molecule has 1 N–H and O–H groups in total. The van der Waals surface area contributed by atoms with Crippen LogP contribution in [0, 0.1) is 0 Å². The van der Waals surface area contributed by atoms with Crippen LogP contribution in [0.2, 0.25) is 0 Å². The highest BCUT2D eigenvalue weighted by atomic mass is 16.5. The molecular formula is C16H23N3O3. The lowest BCUT2D eigenvalue weighted by atomic mass is 10.2. The maximum Gasteiger partial charge on any atom is 0.163 e. The van der Waals surface area contributed by atoms with Gasteiger partial charge in [0.25, 0.3) is 0 Å². The lowest BCUT2D eigenvalue weighted by Gasteiger charge is -2.13. The Morgan fingerprint density at radius 2 is 1.82 bits per heavy atom. The van der Waals surface area contributed by atoms with E-state index >= 15 is 0 Å². The summed E-state index contributed by atoms with van der Waals surface area (Å²) in [4.78, 5) is 0. The summed E-state index contributed by atoms with van der Waals surface area (Å²) >= 11 is 0. The molecule has 2 aromatic rings. The molecule has 1 aromatic carbocycles. The SMILES string of the molecule is CCCc1c(CO)nnn1-c1ccc(OCC)c(OCC)c1. The van der Waals surface area contributed by atoms with E-state index in [1.807, 2.05) is 32.0 Å². The third kappa shape index (κ3) is 3.39. The second-order valence-electron chi connectivity index (χ2n) is 4.80. The van der Waals surface area contributed by atoms with E-state index in [4.69, 9.17) is 9.47 Å². The molecule has 0 aliphatic heterocycles. The van der Waals surface area contributed by atoms with E-state index < -0.39 is 0 Å². The predicted molar refractivity (Wildman–Crippen MR) is 83.6 cm³/mol.